The lowest BCUT2D eigenvalue weighted by molar-refractivity contribution is -0.123. The number of rotatable bonds is 3. The zero-order valence-corrected chi connectivity index (χ0v) is 19.6. The van der Waals surface area contributed by atoms with E-state index < -0.39 is 6.04 Å². The summed E-state index contributed by atoms with van der Waals surface area (Å²) in [7, 11) is 0. The van der Waals surface area contributed by atoms with Gasteiger partial charge in [0.1, 0.15) is 13.2 Å². The van der Waals surface area contributed by atoms with Crippen molar-refractivity contribution in [2.24, 2.45) is 0 Å². The highest BCUT2D eigenvalue weighted by Crippen LogP contribution is 2.41. The largest absolute Gasteiger partial charge is 0.486 e. The number of carbonyl (C=O) groups is 2. The van der Waals surface area contributed by atoms with Crippen molar-refractivity contribution in [3.63, 3.8) is 0 Å². The molecule has 0 saturated carbocycles. The van der Waals surface area contributed by atoms with E-state index in [2.05, 4.69) is 52.3 Å². The SMILES string of the molecule is O=C1C[C@@H](N2Cc3[nH]c4ccccc4c3[C@@H](c3ccccc3)C2)C(=O)N1c1ccc2c(c1)OCCO2. The fraction of sp³-hybridized carbons (Fsp3) is 0.241. The van der Waals surface area contributed by atoms with Crippen LogP contribution in [-0.2, 0) is 16.1 Å². The fourth-order valence-electron chi connectivity index (χ4n) is 5.87. The molecule has 7 nitrogen and oxygen atoms in total. The standard InChI is InChI=1S/C29H25N3O4/c33-27-15-24(29(34)32(27)19-10-11-25-26(14-19)36-13-12-35-25)31-16-21(18-6-2-1-3-7-18)28-20-8-4-5-9-22(20)30-23(28)17-31/h1-11,14,21,24,30H,12-13,15-17H2/t21-,24-/m1/s1. The van der Waals surface area contributed by atoms with Crippen molar-refractivity contribution in [2.45, 2.75) is 24.9 Å². The third-order valence-electron chi connectivity index (χ3n) is 7.50. The van der Waals surface area contributed by atoms with Crippen molar-refractivity contribution in [3.8, 4) is 11.5 Å². The predicted octanol–water partition coefficient (Wildman–Crippen LogP) is 4.22. The van der Waals surface area contributed by atoms with E-state index in [4.69, 9.17) is 9.47 Å². The van der Waals surface area contributed by atoms with E-state index in [1.54, 1.807) is 18.2 Å². The molecule has 0 aliphatic carbocycles. The Morgan fingerprint density at radius 1 is 0.861 bits per heavy atom. The molecule has 0 spiro atoms. The molecule has 7 heteroatoms. The van der Waals surface area contributed by atoms with Gasteiger partial charge in [0.25, 0.3) is 5.91 Å². The average Bonchev–Trinajstić information content (AvgIpc) is 3.44. The van der Waals surface area contributed by atoms with Crippen LogP contribution in [-0.4, -0.2) is 47.5 Å². The van der Waals surface area contributed by atoms with E-state index in [0.29, 0.717) is 43.5 Å². The molecule has 0 unspecified atom stereocenters. The van der Waals surface area contributed by atoms with Gasteiger partial charge in [-0.25, -0.2) is 4.90 Å². The molecule has 3 aliphatic rings. The van der Waals surface area contributed by atoms with Crippen LogP contribution in [0.3, 0.4) is 0 Å². The number of anilines is 1. The Hall–Kier alpha value is -4.10. The van der Waals surface area contributed by atoms with Crippen LogP contribution in [0.25, 0.3) is 10.9 Å². The zero-order chi connectivity index (χ0) is 24.2. The third kappa shape index (κ3) is 3.31. The molecule has 1 fully saturated rings. The Labute approximate surface area is 208 Å². The van der Waals surface area contributed by atoms with E-state index in [-0.39, 0.29) is 24.2 Å². The molecule has 2 atom stereocenters. The number of nitrogens with one attached hydrogen (secondary N) is 1. The number of fused-ring (bicyclic) bond motifs is 4. The molecule has 0 bridgehead atoms. The number of carbonyl (C=O) groups excluding carboxylic acids is 2. The number of aromatic nitrogens is 1. The van der Waals surface area contributed by atoms with Crippen molar-refractivity contribution < 1.29 is 19.1 Å². The first-order chi connectivity index (χ1) is 17.7. The van der Waals surface area contributed by atoms with E-state index >= 15 is 0 Å². The van der Waals surface area contributed by atoms with Crippen molar-refractivity contribution in [3.05, 3.63) is 89.6 Å². The van der Waals surface area contributed by atoms with Gasteiger partial charge in [-0.3, -0.25) is 14.5 Å². The van der Waals surface area contributed by atoms with E-state index in [1.807, 2.05) is 12.1 Å². The van der Waals surface area contributed by atoms with Crippen LogP contribution in [0, 0.1) is 0 Å². The summed E-state index contributed by atoms with van der Waals surface area (Å²) in [5, 5.41) is 1.22. The lowest BCUT2D eigenvalue weighted by Gasteiger charge is -2.36. The van der Waals surface area contributed by atoms with Crippen LogP contribution >= 0.6 is 0 Å². The molecule has 0 radical (unpaired) electrons. The predicted molar refractivity (Wildman–Crippen MR) is 135 cm³/mol. The molecule has 1 N–H and O–H groups in total. The topological polar surface area (TPSA) is 74.9 Å². The number of imide groups is 1. The lowest BCUT2D eigenvalue weighted by Crippen LogP contribution is -2.45. The molecule has 2 amide bonds. The Morgan fingerprint density at radius 2 is 1.64 bits per heavy atom. The minimum absolute atomic E-state index is 0.0948. The number of aromatic amines is 1. The Bertz CT molecular complexity index is 1500. The van der Waals surface area contributed by atoms with Crippen molar-refractivity contribution in [1.29, 1.82) is 0 Å². The summed E-state index contributed by atoms with van der Waals surface area (Å²) in [5.74, 6) is 0.905. The minimum atomic E-state index is -0.517. The molecule has 4 aromatic rings. The van der Waals surface area contributed by atoms with Crippen molar-refractivity contribution in [1.82, 2.24) is 9.88 Å². The second-order valence-electron chi connectivity index (χ2n) is 9.57. The maximum Gasteiger partial charge on any atom is 0.251 e. The molecule has 180 valence electrons. The number of amides is 2. The lowest BCUT2D eigenvalue weighted by atomic mass is 9.85. The molecule has 1 saturated heterocycles. The first-order valence-corrected chi connectivity index (χ1v) is 12.3. The van der Waals surface area contributed by atoms with Crippen molar-refractivity contribution >= 4 is 28.4 Å². The molecular weight excluding hydrogens is 454 g/mol. The van der Waals surface area contributed by atoms with Gasteiger partial charge in [0.05, 0.1) is 18.2 Å². The van der Waals surface area contributed by atoms with Gasteiger partial charge < -0.3 is 14.5 Å². The average molecular weight is 480 g/mol. The maximum absolute atomic E-state index is 13.7. The summed E-state index contributed by atoms with van der Waals surface area (Å²) in [6.07, 6.45) is 0.157. The maximum atomic E-state index is 13.7. The second kappa shape index (κ2) is 8.24. The van der Waals surface area contributed by atoms with Crippen LogP contribution in [0.1, 0.15) is 29.2 Å². The van der Waals surface area contributed by atoms with Crippen LogP contribution < -0.4 is 14.4 Å². The van der Waals surface area contributed by atoms with E-state index in [1.165, 1.54) is 21.4 Å². The highest BCUT2D eigenvalue weighted by Gasteiger charge is 2.45. The van der Waals surface area contributed by atoms with E-state index in [9.17, 15) is 9.59 Å². The highest BCUT2D eigenvalue weighted by molar-refractivity contribution is 6.22. The van der Waals surface area contributed by atoms with Crippen LogP contribution in [0.2, 0.25) is 0 Å². The summed E-state index contributed by atoms with van der Waals surface area (Å²) in [6.45, 7) is 2.19. The van der Waals surface area contributed by atoms with Crippen LogP contribution in [0.5, 0.6) is 11.5 Å². The normalized spacial score (nSPS) is 21.7. The summed E-state index contributed by atoms with van der Waals surface area (Å²) in [5.41, 5.74) is 5.22. The number of hydrogen-bond acceptors (Lipinski definition) is 5. The first kappa shape index (κ1) is 21.2. The Morgan fingerprint density at radius 3 is 2.50 bits per heavy atom. The van der Waals surface area contributed by atoms with Gasteiger partial charge in [-0.1, -0.05) is 48.5 Å². The Balaban J connectivity index is 1.24. The monoisotopic (exact) mass is 479 g/mol. The minimum Gasteiger partial charge on any atom is -0.486 e. The summed E-state index contributed by atoms with van der Waals surface area (Å²) >= 11 is 0. The second-order valence-corrected chi connectivity index (χ2v) is 9.57. The number of ether oxygens (including phenoxy) is 2. The van der Waals surface area contributed by atoms with E-state index in [0.717, 1.165) is 11.2 Å². The number of nitrogens with zero attached hydrogens (tertiary/aromatic N) is 2. The fourth-order valence-corrected chi connectivity index (χ4v) is 5.87. The highest BCUT2D eigenvalue weighted by atomic mass is 16.6. The van der Waals surface area contributed by atoms with Gasteiger partial charge in [-0.15, -0.1) is 0 Å². The van der Waals surface area contributed by atoms with Gasteiger partial charge in [0, 0.05) is 41.7 Å². The van der Waals surface area contributed by atoms with Gasteiger partial charge >= 0.3 is 0 Å². The molecule has 1 aromatic heterocycles. The smallest absolute Gasteiger partial charge is 0.251 e. The van der Waals surface area contributed by atoms with Crippen molar-refractivity contribution in [2.75, 3.05) is 24.7 Å². The molecule has 36 heavy (non-hydrogen) atoms. The molecule has 3 aromatic carbocycles. The molecule has 7 rings (SSSR count). The van der Waals surface area contributed by atoms with Gasteiger partial charge in [0.2, 0.25) is 5.91 Å². The molecule has 3 aliphatic heterocycles. The number of benzene rings is 3. The Kier molecular flexibility index (Phi) is 4.85. The van der Waals surface area contributed by atoms with Crippen LogP contribution in [0.4, 0.5) is 5.69 Å². The summed E-state index contributed by atoms with van der Waals surface area (Å²) < 4.78 is 11.3. The third-order valence-corrected chi connectivity index (χ3v) is 7.50. The quantitative estimate of drug-likeness (QED) is 0.446. The van der Waals surface area contributed by atoms with Gasteiger partial charge in [-0.2, -0.15) is 0 Å². The molecular formula is C29H25N3O4. The summed E-state index contributed by atoms with van der Waals surface area (Å²) in [4.78, 5) is 33.9. The van der Waals surface area contributed by atoms with Crippen LogP contribution in [0.15, 0.2) is 72.8 Å². The number of para-hydroxylation sites is 1. The van der Waals surface area contributed by atoms with Gasteiger partial charge in [0.15, 0.2) is 11.5 Å². The number of hydrogen-bond donors (Lipinski definition) is 1. The van der Waals surface area contributed by atoms with Gasteiger partial charge in [-0.05, 0) is 29.3 Å². The number of H-pyrrole nitrogens is 1. The molecule has 4 heterocycles. The zero-order valence-electron chi connectivity index (χ0n) is 19.6. The summed E-state index contributed by atoms with van der Waals surface area (Å²) in [6, 6.07) is 23.5. The first-order valence-electron chi connectivity index (χ1n) is 12.3.